The van der Waals surface area contributed by atoms with E-state index in [-0.39, 0.29) is 11.9 Å². The molecule has 17 heavy (non-hydrogen) atoms. The lowest BCUT2D eigenvalue weighted by Crippen LogP contribution is -2.50. The molecule has 0 saturated carbocycles. The number of hydrogen-bond acceptors (Lipinski definition) is 2. The van der Waals surface area contributed by atoms with Gasteiger partial charge in [0.05, 0.1) is 0 Å². The molecule has 0 aromatic carbocycles. The summed E-state index contributed by atoms with van der Waals surface area (Å²) < 4.78 is 0. The zero-order chi connectivity index (χ0) is 13.1. The molecule has 1 heterocycles. The number of nitrogens with one attached hydrogen (secondary N) is 1. The molecule has 0 spiro atoms. The van der Waals surface area contributed by atoms with E-state index in [4.69, 9.17) is 0 Å². The van der Waals surface area contributed by atoms with Gasteiger partial charge in [0.25, 0.3) is 5.91 Å². The molecule has 0 aromatic rings. The van der Waals surface area contributed by atoms with Crippen LogP contribution in [-0.2, 0) is 4.79 Å². The van der Waals surface area contributed by atoms with Crippen molar-refractivity contribution >= 4 is 11.9 Å². The van der Waals surface area contributed by atoms with E-state index in [2.05, 4.69) is 19.2 Å². The molecule has 0 atom stereocenters. The van der Waals surface area contributed by atoms with Gasteiger partial charge < -0.3 is 4.90 Å². The van der Waals surface area contributed by atoms with Crippen LogP contribution in [-0.4, -0.2) is 28.9 Å². The number of carbonyl (C=O) groups excluding carboxylic acids is 2. The summed E-state index contributed by atoms with van der Waals surface area (Å²) in [4.78, 5) is 25.6. The highest BCUT2D eigenvalue weighted by molar-refractivity contribution is 6.06. The van der Waals surface area contributed by atoms with E-state index in [1.165, 1.54) is 0 Å². The molecule has 1 aliphatic rings. The first-order valence-corrected chi connectivity index (χ1v) is 6.68. The second-order valence-corrected chi connectivity index (χ2v) is 4.79. The summed E-state index contributed by atoms with van der Waals surface area (Å²) in [6, 6.07) is -0.217. The molecule has 1 N–H and O–H groups in total. The topological polar surface area (TPSA) is 49.4 Å². The van der Waals surface area contributed by atoms with Crippen LogP contribution in [0, 0.1) is 5.92 Å². The Morgan fingerprint density at radius 2 is 1.65 bits per heavy atom. The van der Waals surface area contributed by atoms with Crippen LogP contribution in [0.5, 0.6) is 0 Å². The van der Waals surface area contributed by atoms with Crippen molar-refractivity contribution in [1.29, 1.82) is 0 Å². The number of urea groups is 1. The van der Waals surface area contributed by atoms with E-state index >= 15 is 0 Å². The van der Waals surface area contributed by atoms with Gasteiger partial charge in [0.1, 0.15) is 5.54 Å². The maximum absolute atomic E-state index is 12.0. The molecule has 0 radical (unpaired) electrons. The van der Waals surface area contributed by atoms with Gasteiger partial charge in [-0.2, -0.15) is 0 Å². The van der Waals surface area contributed by atoms with Gasteiger partial charge in [0.15, 0.2) is 0 Å². The van der Waals surface area contributed by atoms with Gasteiger partial charge >= 0.3 is 6.03 Å². The minimum atomic E-state index is -0.611. The molecule has 1 aliphatic heterocycles. The van der Waals surface area contributed by atoms with Gasteiger partial charge in [-0.05, 0) is 18.8 Å². The molecular formula is C13H24N2O2. The molecule has 0 unspecified atom stereocenters. The minimum absolute atomic E-state index is 0.126. The number of rotatable bonds is 6. The standard InChI is InChI=1S/C13H24N2O2/c1-5-10(6-2)9-15-12(17)14-11(16)13(15,7-3)8-4/h10H,5-9H2,1-4H3,(H,14,16,17). The quantitative estimate of drug-likeness (QED) is 0.725. The Morgan fingerprint density at radius 3 is 2.06 bits per heavy atom. The SMILES string of the molecule is CCC(CC)CN1C(=O)NC(=O)C1(CC)CC. The Kier molecular flexibility index (Phi) is 4.54. The Hall–Kier alpha value is -1.06. The predicted molar refractivity (Wildman–Crippen MR) is 67.6 cm³/mol. The van der Waals surface area contributed by atoms with Gasteiger partial charge in [-0.1, -0.05) is 40.5 Å². The zero-order valence-corrected chi connectivity index (χ0v) is 11.4. The maximum atomic E-state index is 12.0. The summed E-state index contributed by atoms with van der Waals surface area (Å²) in [5.74, 6) is 0.350. The van der Waals surface area contributed by atoms with Crippen molar-refractivity contribution in [3.05, 3.63) is 0 Å². The second-order valence-electron chi connectivity index (χ2n) is 4.79. The highest BCUT2D eigenvalue weighted by Crippen LogP contribution is 2.30. The van der Waals surface area contributed by atoms with Gasteiger partial charge in [0.2, 0.25) is 0 Å². The molecule has 1 fully saturated rings. The number of carbonyl (C=O) groups is 2. The Labute approximate surface area is 104 Å². The highest BCUT2D eigenvalue weighted by Gasteiger charge is 2.50. The van der Waals surface area contributed by atoms with Gasteiger partial charge in [-0.3, -0.25) is 10.1 Å². The summed E-state index contributed by atoms with van der Waals surface area (Å²) in [5.41, 5.74) is -0.611. The first-order valence-electron chi connectivity index (χ1n) is 6.68. The van der Waals surface area contributed by atoms with Crippen molar-refractivity contribution in [2.24, 2.45) is 5.92 Å². The molecule has 4 nitrogen and oxygen atoms in total. The van der Waals surface area contributed by atoms with E-state index in [9.17, 15) is 9.59 Å². The number of amides is 3. The molecule has 0 aliphatic carbocycles. The van der Waals surface area contributed by atoms with E-state index in [0.717, 1.165) is 12.8 Å². The minimum Gasteiger partial charge on any atom is -0.309 e. The summed E-state index contributed by atoms with van der Waals surface area (Å²) in [6.45, 7) is 8.89. The van der Waals surface area contributed by atoms with Crippen LogP contribution >= 0.6 is 0 Å². The molecule has 0 bridgehead atoms. The van der Waals surface area contributed by atoms with Crippen molar-refractivity contribution < 1.29 is 9.59 Å². The second kappa shape index (κ2) is 5.52. The third-order valence-electron chi connectivity index (χ3n) is 4.17. The largest absolute Gasteiger partial charge is 0.325 e. The van der Waals surface area contributed by atoms with Crippen molar-refractivity contribution in [2.45, 2.75) is 58.9 Å². The van der Waals surface area contributed by atoms with Gasteiger partial charge in [0, 0.05) is 6.54 Å². The van der Waals surface area contributed by atoms with E-state index in [0.29, 0.717) is 25.3 Å². The molecule has 0 aromatic heterocycles. The molecule has 1 saturated heterocycles. The van der Waals surface area contributed by atoms with Crippen molar-refractivity contribution in [2.75, 3.05) is 6.54 Å². The average molecular weight is 240 g/mol. The van der Waals surface area contributed by atoms with E-state index < -0.39 is 5.54 Å². The monoisotopic (exact) mass is 240 g/mol. The molecular weight excluding hydrogens is 216 g/mol. The van der Waals surface area contributed by atoms with Crippen LogP contribution in [0.25, 0.3) is 0 Å². The van der Waals surface area contributed by atoms with Crippen molar-refractivity contribution in [3.8, 4) is 0 Å². The predicted octanol–water partition coefficient (Wildman–Crippen LogP) is 2.53. The van der Waals surface area contributed by atoms with Crippen molar-refractivity contribution in [3.63, 3.8) is 0 Å². The fraction of sp³-hybridized carbons (Fsp3) is 0.846. The molecule has 3 amide bonds. The number of hydrogen-bond donors (Lipinski definition) is 1. The van der Waals surface area contributed by atoms with Crippen LogP contribution in [0.4, 0.5) is 4.79 Å². The lowest BCUT2D eigenvalue weighted by Gasteiger charge is -2.35. The smallest absolute Gasteiger partial charge is 0.309 e. The van der Waals surface area contributed by atoms with E-state index in [1.54, 1.807) is 4.90 Å². The van der Waals surface area contributed by atoms with Crippen LogP contribution in [0.1, 0.15) is 53.4 Å². The fourth-order valence-corrected chi connectivity index (χ4v) is 2.61. The summed E-state index contributed by atoms with van der Waals surface area (Å²) in [6.07, 6.45) is 3.44. The van der Waals surface area contributed by atoms with Crippen LogP contribution in [0.3, 0.4) is 0 Å². The highest BCUT2D eigenvalue weighted by atomic mass is 16.2. The van der Waals surface area contributed by atoms with E-state index in [1.807, 2.05) is 13.8 Å². The lowest BCUT2D eigenvalue weighted by molar-refractivity contribution is -0.127. The van der Waals surface area contributed by atoms with Crippen molar-refractivity contribution in [1.82, 2.24) is 10.2 Å². The fourth-order valence-electron chi connectivity index (χ4n) is 2.61. The lowest BCUT2D eigenvalue weighted by atomic mass is 9.89. The van der Waals surface area contributed by atoms with Crippen LogP contribution < -0.4 is 5.32 Å². The average Bonchev–Trinajstić information content (AvgIpc) is 2.57. The Bertz CT molecular complexity index is 294. The molecule has 1 rings (SSSR count). The van der Waals surface area contributed by atoms with Crippen LogP contribution in [0.15, 0.2) is 0 Å². The third kappa shape index (κ3) is 2.31. The number of nitrogens with zero attached hydrogens (tertiary/aromatic N) is 1. The van der Waals surface area contributed by atoms with Gasteiger partial charge in [-0.25, -0.2) is 4.79 Å². The summed E-state index contributed by atoms with van der Waals surface area (Å²) >= 11 is 0. The molecule has 98 valence electrons. The Morgan fingerprint density at radius 1 is 1.12 bits per heavy atom. The first kappa shape index (κ1) is 14.0. The Balaban J connectivity index is 2.93. The van der Waals surface area contributed by atoms with Gasteiger partial charge in [-0.15, -0.1) is 0 Å². The first-order chi connectivity index (χ1) is 8.05. The number of imide groups is 1. The summed E-state index contributed by atoms with van der Waals surface area (Å²) in [5, 5.41) is 2.46. The third-order valence-corrected chi connectivity index (χ3v) is 4.17. The van der Waals surface area contributed by atoms with Crippen LogP contribution in [0.2, 0.25) is 0 Å². The molecule has 4 heteroatoms. The normalized spacial score (nSPS) is 19.0. The zero-order valence-electron chi connectivity index (χ0n) is 11.4. The summed E-state index contributed by atoms with van der Waals surface area (Å²) in [7, 11) is 0. The maximum Gasteiger partial charge on any atom is 0.325 e.